The average molecular weight is 416 g/mol. The first-order valence-corrected chi connectivity index (χ1v) is 8.52. The number of ether oxygens (including phenoxy) is 2. The topological polar surface area (TPSA) is 158 Å². The molecule has 0 spiro atoms. The number of benzene rings is 2. The van der Waals surface area contributed by atoms with Gasteiger partial charge in [-0.05, 0) is 36.4 Å². The minimum Gasteiger partial charge on any atom is -0.507 e. The molecule has 0 radical (unpaired) electrons. The summed E-state index contributed by atoms with van der Waals surface area (Å²) in [5, 5.41) is 38.7. The van der Waals surface area contributed by atoms with Gasteiger partial charge in [0.25, 0.3) is 0 Å². The van der Waals surface area contributed by atoms with E-state index in [0.717, 1.165) is 12.4 Å². The van der Waals surface area contributed by atoms with E-state index in [1.807, 2.05) is 0 Å². The largest absolute Gasteiger partial charge is 0.507 e. The number of phenols is 2. The Kier molecular flexibility index (Phi) is 7.34. The summed E-state index contributed by atoms with van der Waals surface area (Å²) in [6.07, 6.45) is 2.07. The molecule has 2 rings (SSSR count). The zero-order chi connectivity index (χ0) is 22.3. The molecule has 0 bridgehead atoms. The molecule has 158 valence electrons. The highest BCUT2D eigenvalue weighted by atomic mass is 16.5. The minimum atomic E-state index is -1.79. The fraction of sp³-hybridized carbons (Fsp3) is 0.200. The average Bonchev–Trinajstić information content (AvgIpc) is 2.72. The molecular weight excluding hydrogens is 396 g/mol. The quantitative estimate of drug-likeness (QED) is 0.448. The van der Waals surface area contributed by atoms with E-state index >= 15 is 0 Å². The van der Waals surface area contributed by atoms with Crippen LogP contribution in [0.4, 0.5) is 0 Å². The molecule has 0 heterocycles. The van der Waals surface area contributed by atoms with Gasteiger partial charge in [0.2, 0.25) is 0 Å². The number of aliphatic carboxylic acids is 2. The van der Waals surface area contributed by atoms with Crippen molar-refractivity contribution in [2.45, 2.75) is 12.1 Å². The maximum absolute atomic E-state index is 11.6. The lowest BCUT2D eigenvalue weighted by atomic mass is 10.1. The highest BCUT2D eigenvalue weighted by Gasteiger charge is 2.32. The van der Waals surface area contributed by atoms with Gasteiger partial charge in [-0.2, -0.15) is 0 Å². The summed E-state index contributed by atoms with van der Waals surface area (Å²) in [5.41, 5.74) is 0.276. The van der Waals surface area contributed by atoms with Crippen molar-refractivity contribution in [3.63, 3.8) is 0 Å². The summed E-state index contributed by atoms with van der Waals surface area (Å²) in [6.45, 7) is 0. The molecule has 10 heteroatoms. The summed E-state index contributed by atoms with van der Waals surface area (Å²) in [4.78, 5) is 30.9. The van der Waals surface area contributed by atoms with Crippen LogP contribution in [-0.4, -0.2) is 71.1 Å². The summed E-state index contributed by atoms with van der Waals surface area (Å²) >= 11 is 0. The normalized spacial score (nSPS) is 13.3. The number of aliphatic imine (C=N–C) groups is 2. The SMILES string of the molecule is COc1ccc(O)c(C=N[C@H](C(=O)O)[C@H](N=Cc2cc(OC)ccc2O)C(=O)O)c1. The van der Waals surface area contributed by atoms with Crippen molar-refractivity contribution in [3.05, 3.63) is 47.5 Å². The number of aromatic hydroxyl groups is 2. The number of carbonyl (C=O) groups is 2. The van der Waals surface area contributed by atoms with Gasteiger partial charge >= 0.3 is 11.9 Å². The third-order valence-corrected chi connectivity index (χ3v) is 4.02. The molecule has 2 aromatic rings. The lowest BCUT2D eigenvalue weighted by Crippen LogP contribution is -2.37. The van der Waals surface area contributed by atoms with E-state index in [4.69, 9.17) is 9.47 Å². The Hall–Kier alpha value is -4.08. The second kappa shape index (κ2) is 9.92. The van der Waals surface area contributed by atoms with E-state index in [2.05, 4.69) is 9.98 Å². The van der Waals surface area contributed by atoms with Crippen LogP contribution >= 0.6 is 0 Å². The summed E-state index contributed by atoms with van der Waals surface area (Å²) in [7, 11) is 2.83. The molecule has 2 atom stereocenters. The van der Waals surface area contributed by atoms with Gasteiger partial charge < -0.3 is 29.9 Å². The molecule has 0 aromatic heterocycles. The van der Waals surface area contributed by atoms with Gasteiger partial charge in [0.05, 0.1) is 14.2 Å². The molecule has 10 nitrogen and oxygen atoms in total. The summed E-state index contributed by atoms with van der Waals surface area (Å²) in [5.74, 6) is -2.67. The molecule has 0 fully saturated rings. The van der Waals surface area contributed by atoms with E-state index in [-0.39, 0.29) is 22.6 Å². The molecule has 4 N–H and O–H groups in total. The Balaban J connectivity index is 2.37. The van der Waals surface area contributed by atoms with Gasteiger partial charge in [-0.3, -0.25) is 9.98 Å². The number of nitrogens with zero attached hydrogens (tertiary/aromatic N) is 2. The van der Waals surface area contributed by atoms with Crippen LogP contribution in [-0.2, 0) is 9.59 Å². The van der Waals surface area contributed by atoms with E-state index in [1.165, 1.54) is 50.6 Å². The molecule has 0 amide bonds. The Morgan fingerprint density at radius 2 is 1.17 bits per heavy atom. The van der Waals surface area contributed by atoms with Crippen molar-refractivity contribution in [2.75, 3.05) is 14.2 Å². The van der Waals surface area contributed by atoms with Crippen LogP contribution in [0.3, 0.4) is 0 Å². The number of phenolic OH excluding ortho intramolecular Hbond substituents is 2. The molecule has 0 aliphatic heterocycles. The van der Waals surface area contributed by atoms with Crippen LogP contribution in [0, 0.1) is 0 Å². The van der Waals surface area contributed by atoms with Crippen molar-refractivity contribution >= 4 is 24.4 Å². The van der Waals surface area contributed by atoms with E-state index in [9.17, 15) is 30.0 Å². The second-order valence-corrected chi connectivity index (χ2v) is 5.97. The van der Waals surface area contributed by atoms with Crippen LogP contribution in [0.25, 0.3) is 0 Å². The highest BCUT2D eigenvalue weighted by molar-refractivity contribution is 5.92. The first-order chi connectivity index (χ1) is 14.3. The standard InChI is InChI=1S/C20H20N2O8/c1-29-13-3-5-15(23)11(7-13)9-21-17(19(25)26)18(20(27)28)22-10-12-8-14(30-2)4-6-16(12)24/h3-10,17-18,23-24H,1-2H3,(H,25,26)(H,27,28)/t17-,18-/m0/s1. The lowest BCUT2D eigenvalue weighted by Gasteiger charge is -2.13. The Morgan fingerprint density at radius 1 is 0.800 bits per heavy atom. The number of methoxy groups -OCH3 is 2. The third-order valence-electron chi connectivity index (χ3n) is 4.02. The zero-order valence-electron chi connectivity index (χ0n) is 16.1. The molecular formula is C20H20N2O8. The molecule has 0 unspecified atom stereocenters. The predicted molar refractivity (Wildman–Crippen MR) is 107 cm³/mol. The number of hydrogen-bond acceptors (Lipinski definition) is 8. The molecule has 2 aromatic carbocycles. The number of carboxylic acid groups (broad SMARTS) is 2. The molecule has 0 saturated heterocycles. The minimum absolute atomic E-state index is 0.138. The van der Waals surface area contributed by atoms with Gasteiger partial charge in [-0.25, -0.2) is 9.59 Å². The fourth-order valence-electron chi connectivity index (χ4n) is 2.41. The molecule has 0 saturated carbocycles. The third kappa shape index (κ3) is 5.47. The first kappa shape index (κ1) is 22.2. The zero-order valence-corrected chi connectivity index (χ0v) is 16.1. The summed E-state index contributed by atoms with van der Waals surface area (Å²) < 4.78 is 10.1. The summed E-state index contributed by atoms with van der Waals surface area (Å²) in [6, 6.07) is 4.87. The van der Waals surface area contributed by atoms with Crippen molar-refractivity contribution < 1.29 is 39.5 Å². The van der Waals surface area contributed by atoms with Gasteiger partial charge in [0.1, 0.15) is 23.0 Å². The number of carboxylic acids is 2. The van der Waals surface area contributed by atoms with Crippen LogP contribution in [0.15, 0.2) is 46.4 Å². The van der Waals surface area contributed by atoms with E-state index in [1.54, 1.807) is 0 Å². The Bertz CT molecular complexity index is 907. The molecule has 0 aliphatic rings. The van der Waals surface area contributed by atoms with Crippen molar-refractivity contribution in [3.8, 4) is 23.0 Å². The smallest absolute Gasteiger partial charge is 0.331 e. The second-order valence-electron chi connectivity index (χ2n) is 5.97. The predicted octanol–water partition coefficient (Wildman–Crippen LogP) is 1.56. The number of rotatable bonds is 9. The molecule has 0 aliphatic carbocycles. The number of hydrogen-bond donors (Lipinski definition) is 4. The van der Waals surface area contributed by atoms with Gasteiger partial charge in [-0.15, -0.1) is 0 Å². The van der Waals surface area contributed by atoms with Crippen molar-refractivity contribution in [1.29, 1.82) is 0 Å². The highest BCUT2D eigenvalue weighted by Crippen LogP contribution is 2.23. The fourth-order valence-corrected chi connectivity index (χ4v) is 2.41. The lowest BCUT2D eigenvalue weighted by molar-refractivity contribution is -0.146. The van der Waals surface area contributed by atoms with E-state index in [0.29, 0.717) is 11.5 Å². The van der Waals surface area contributed by atoms with Crippen LogP contribution < -0.4 is 9.47 Å². The van der Waals surface area contributed by atoms with Crippen molar-refractivity contribution in [1.82, 2.24) is 0 Å². The van der Waals surface area contributed by atoms with Gasteiger partial charge in [0, 0.05) is 23.6 Å². The van der Waals surface area contributed by atoms with Crippen molar-refractivity contribution in [2.24, 2.45) is 9.98 Å². The maximum Gasteiger partial charge on any atom is 0.331 e. The monoisotopic (exact) mass is 416 g/mol. The van der Waals surface area contributed by atoms with Gasteiger partial charge in [0.15, 0.2) is 12.1 Å². The van der Waals surface area contributed by atoms with Crippen LogP contribution in [0.5, 0.6) is 23.0 Å². The van der Waals surface area contributed by atoms with Crippen LogP contribution in [0.2, 0.25) is 0 Å². The molecule has 30 heavy (non-hydrogen) atoms. The Labute approximate surface area is 171 Å². The first-order valence-electron chi connectivity index (χ1n) is 8.52. The van der Waals surface area contributed by atoms with Gasteiger partial charge in [-0.1, -0.05) is 0 Å². The maximum atomic E-state index is 11.6. The van der Waals surface area contributed by atoms with E-state index < -0.39 is 24.0 Å². The van der Waals surface area contributed by atoms with Crippen LogP contribution in [0.1, 0.15) is 11.1 Å². The Morgan fingerprint density at radius 3 is 1.47 bits per heavy atom.